The van der Waals surface area contributed by atoms with Gasteiger partial charge in [0.25, 0.3) is 0 Å². The molecule has 2 atom stereocenters. The Morgan fingerprint density at radius 1 is 0.395 bits per heavy atom. The Morgan fingerprint density at radius 3 is 0.791 bits per heavy atom. The molecule has 3 aliphatic heterocycles. The zero-order chi connectivity index (χ0) is 26.2. The summed E-state index contributed by atoms with van der Waals surface area (Å²) >= 11 is 0. The van der Waals surface area contributed by atoms with E-state index in [4.69, 9.17) is 0 Å². The van der Waals surface area contributed by atoms with Gasteiger partial charge in [-0.1, -0.05) is 66.8 Å². The van der Waals surface area contributed by atoms with Crippen LogP contribution >= 0.6 is 0 Å². The molecule has 6 heteroatoms. The predicted octanol–water partition coefficient (Wildman–Crippen LogP) is 10.7. The molecule has 0 aliphatic carbocycles. The van der Waals surface area contributed by atoms with E-state index >= 15 is 0 Å². The van der Waals surface area contributed by atoms with Gasteiger partial charge in [-0.3, -0.25) is 9.80 Å². The first-order valence-corrected chi connectivity index (χ1v) is 12.8. The number of rotatable bonds is 0. The Hall–Kier alpha value is -1.92. The monoisotopic (exact) mass is 617 g/mol. The fraction of sp³-hybridized carbons (Fsp3) is 0.784. The van der Waals surface area contributed by atoms with Gasteiger partial charge in [-0.25, -0.2) is 0 Å². The van der Waals surface area contributed by atoms with Crippen LogP contribution in [0.1, 0.15) is 126 Å². The van der Waals surface area contributed by atoms with Crippen molar-refractivity contribution >= 4 is 11.4 Å². The highest BCUT2D eigenvalue weighted by molar-refractivity contribution is 5.78. The molecule has 1 saturated heterocycles. The maximum Gasteiger partial charge on any atom is 0.0982 e. The molecular weight excluding hydrogens is 528 g/mol. The van der Waals surface area contributed by atoms with Crippen molar-refractivity contribution in [2.75, 3.05) is 52.1 Å². The number of anilines is 2. The van der Waals surface area contributed by atoms with Crippen molar-refractivity contribution in [2.45, 2.75) is 160 Å². The molecule has 3 heterocycles. The van der Waals surface area contributed by atoms with Gasteiger partial charge in [0.05, 0.1) is 29.9 Å². The molecule has 2 unspecified atom stereocenters. The molecule has 0 aromatic heterocycles. The topological polar surface area (TPSA) is 19.4 Å². The number of hydrogen-bond donors (Lipinski definition) is 0. The van der Waals surface area contributed by atoms with E-state index < -0.39 is 0 Å². The summed E-state index contributed by atoms with van der Waals surface area (Å²) in [7, 11) is 13.0. The zero-order valence-electron chi connectivity index (χ0n) is 24.7. The molecule has 0 radical (unpaired) electrons. The average molecular weight is 617 g/mol. The third-order valence-corrected chi connectivity index (χ3v) is 9.34. The second-order valence-electron chi connectivity index (χ2n) is 10.7. The van der Waals surface area contributed by atoms with Crippen molar-refractivity contribution in [1.29, 1.82) is 0 Å². The average Bonchev–Trinajstić information content (AvgIpc) is 3.20. The smallest absolute Gasteiger partial charge is 0.0982 e. The Kier molecular flexibility index (Phi) is 32.9. The molecule has 0 saturated carbocycles. The first kappa shape index (κ1) is 60.3. The summed E-state index contributed by atoms with van der Waals surface area (Å²) < 4.78 is 0. The molecule has 0 bridgehead atoms. The van der Waals surface area contributed by atoms with Gasteiger partial charge in [0, 0.05) is 51.7 Å². The van der Waals surface area contributed by atoms with Crippen molar-refractivity contribution < 1.29 is 0 Å². The minimum absolute atomic E-state index is 0. The fourth-order valence-electron chi connectivity index (χ4n) is 4.99. The van der Waals surface area contributed by atoms with E-state index in [0.717, 1.165) is 0 Å². The van der Waals surface area contributed by atoms with E-state index in [1.54, 1.807) is 0 Å². The van der Waals surface area contributed by atoms with Gasteiger partial charge in [-0.15, -0.1) is 0 Å². The molecule has 43 heavy (non-hydrogen) atoms. The van der Waals surface area contributed by atoms with E-state index in [-0.39, 0.29) is 66.8 Å². The van der Waals surface area contributed by atoms with Gasteiger partial charge in [-0.2, -0.15) is 0 Å². The maximum atomic E-state index is 2.41. The summed E-state index contributed by atoms with van der Waals surface area (Å²) in [6, 6.07) is 5.95. The minimum Gasteiger partial charge on any atom is -0.357 e. The summed E-state index contributed by atoms with van der Waals surface area (Å²) in [5.41, 5.74) is 8.22. The summed E-state index contributed by atoms with van der Waals surface area (Å²) in [5.74, 6) is 0. The molecular formula is C37H88N6. The van der Waals surface area contributed by atoms with Crippen LogP contribution in [0.25, 0.3) is 0 Å². The van der Waals surface area contributed by atoms with E-state index in [1.807, 2.05) is 0 Å². The van der Waals surface area contributed by atoms with Gasteiger partial charge in [-0.05, 0) is 99.7 Å². The molecule has 0 spiro atoms. The lowest BCUT2D eigenvalue weighted by Gasteiger charge is -2.25. The highest BCUT2D eigenvalue weighted by Gasteiger charge is 2.34. The fourth-order valence-corrected chi connectivity index (χ4v) is 4.99. The lowest BCUT2D eigenvalue weighted by Crippen LogP contribution is -2.35. The van der Waals surface area contributed by atoms with E-state index in [2.05, 4.69) is 146 Å². The lowest BCUT2D eigenvalue weighted by atomic mass is 10.1. The highest BCUT2D eigenvalue weighted by Crippen LogP contribution is 2.39. The van der Waals surface area contributed by atoms with Gasteiger partial charge in [0.1, 0.15) is 0 Å². The Morgan fingerprint density at radius 2 is 0.628 bits per heavy atom. The molecule has 1 aromatic carbocycles. The van der Waals surface area contributed by atoms with Crippen molar-refractivity contribution in [3.05, 3.63) is 34.7 Å². The first-order valence-electron chi connectivity index (χ1n) is 12.8. The van der Waals surface area contributed by atoms with Crippen LogP contribution in [0.5, 0.6) is 0 Å². The number of likely N-dealkylation sites (N-methyl/N-ethyl adjacent to an activating group) is 2. The van der Waals surface area contributed by atoms with Crippen LogP contribution in [0.15, 0.2) is 23.5 Å². The summed E-state index contributed by atoms with van der Waals surface area (Å²) in [6.45, 7) is 19.9. The third kappa shape index (κ3) is 11.8. The second kappa shape index (κ2) is 23.5. The van der Waals surface area contributed by atoms with Gasteiger partial charge in [0.2, 0.25) is 0 Å². The van der Waals surface area contributed by atoms with Crippen LogP contribution < -0.4 is 9.80 Å². The first-order chi connectivity index (χ1) is 15.6. The number of hydrogen-bond acceptors (Lipinski definition) is 6. The number of nitrogens with zero attached hydrogens (tertiary/aromatic N) is 6. The molecule has 0 amide bonds. The SMILES string of the molecule is C.C.C.C.C.C.C.C.C.CC1=C(C)N(C)C(C)N1C.CC1C(C)N(C)C(C)N1C.Cc1cc2c(cc1C)N(C)C(C)N2C. The molecule has 0 N–H and O–H groups in total. The number of allylic oxidation sites excluding steroid dienone is 2. The van der Waals surface area contributed by atoms with Crippen LogP contribution in [0.2, 0.25) is 0 Å². The van der Waals surface area contributed by atoms with E-state index in [0.29, 0.717) is 30.6 Å². The predicted molar refractivity (Wildman–Crippen MR) is 210 cm³/mol. The van der Waals surface area contributed by atoms with Gasteiger partial charge >= 0.3 is 0 Å². The highest BCUT2D eigenvalue weighted by atomic mass is 15.4. The van der Waals surface area contributed by atoms with Gasteiger partial charge < -0.3 is 19.6 Å². The van der Waals surface area contributed by atoms with E-state index in [9.17, 15) is 0 Å². The largest absolute Gasteiger partial charge is 0.357 e. The summed E-state index contributed by atoms with van der Waals surface area (Å²) in [5, 5.41) is 0. The Labute approximate surface area is 277 Å². The lowest BCUT2D eigenvalue weighted by molar-refractivity contribution is 0.185. The Balaban J connectivity index is -0.0000000655. The van der Waals surface area contributed by atoms with Gasteiger partial charge in [0.15, 0.2) is 0 Å². The van der Waals surface area contributed by atoms with Crippen LogP contribution in [0.3, 0.4) is 0 Å². The molecule has 1 aromatic rings. The zero-order valence-corrected chi connectivity index (χ0v) is 24.7. The van der Waals surface area contributed by atoms with Crippen molar-refractivity contribution in [2.24, 2.45) is 0 Å². The van der Waals surface area contributed by atoms with Crippen LogP contribution in [0.4, 0.5) is 11.4 Å². The standard InChI is InChI=1S/C12H18N2.C8H18N2.C8H16N2.9CH4/c1-8-6-11-12(7-9(8)2)14(5)10(3)13(11)4;2*1-6-7(2)10(5)8(3)9(6)4;;;;;;;;;/h6-7,10H,1-5H3;6-8H,1-5H3;8H,1-5H3;9*1H4. The minimum atomic E-state index is 0. The van der Waals surface area contributed by atoms with Crippen molar-refractivity contribution in [3.63, 3.8) is 0 Å². The number of fused-ring (bicyclic) bond motifs is 1. The number of benzene rings is 1. The molecule has 1 fully saturated rings. The second-order valence-corrected chi connectivity index (χ2v) is 10.7. The summed E-state index contributed by atoms with van der Waals surface area (Å²) in [6.07, 6.45) is 1.59. The van der Waals surface area contributed by atoms with Crippen LogP contribution in [-0.4, -0.2) is 92.5 Å². The maximum absolute atomic E-state index is 2.41. The van der Waals surface area contributed by atoms with Crippen molar-refractivity contribution in [3.8, 4) is 0 Å². The summed E-state index contributed by atoms with van der Waals surface area (Å²) in [4.78, 5) is 14.0. The third-order valence-electron chi connectivity index (χ3n) is 9.34. The molecule has 6 nitrogen and oxygen atoms in total. The Bertz CT molecular complexity index is 784. The molecule has 266 valence electrons. The normalized spacial score (nSPS) is 20.7. The van der Waals surface area contributed by atoms with E-state index in [1.165, 1.54) is 33.9 Å². The van der Waals surface area contributed by atoms with Crippen molar-refractivity contribution in [1.82, 2.24) is 19.6 Å². The van der Waals surface area contributed by atoms with Crippen LogP contribution in [0, 0.1) is 13.8 Å². The molecule has 3 aliphatic rings. The quantitative estimate of drug-likeness (QED) is 0.287. The van der Waals surface area contributed by atoms with Crippen LogP contribution in [-0.2, 0) is 0 Å². The molecule has 4 rings (SSSR count). The number of aryl methyl sites for hydroxylation is 2.